The van der Waals surface area contributed by atoms with Gasteiger partial charge in [0.25, 0.3) is 0 Å². The first-order chi connectivity index (χ1) is 5.96. The third-order valence-corrected chi connectivity index (χ3v) is 2.69. The fourth-order valence-corrected chi connectivity index (χ4v) is 1.91. The minimum Gasteiger partial charge on any atom is -0.377 e. The van der Waals surface area contributed by atoms with Gasteiger partial charge in [0.2, 0.25) is 0 Å². The Kier molecular flexibility index (Phi) is 3.12. The number of hydrogen-bond donors (Lipinski definition) is 0. The van der Waals surface area contributed by atoms with Gasteiger partial charge in [-0.3, -0.25) is 4.79 Å². The van der Waals surface area contributed by atoms with E-state index in [1.54, 1.807) is 0 Å². The van der Waals surface area contributed by atoms with Crippen molar-refractivity contribution in [3.05, 3.63) is 0 Å². The Hall–Kier alpha value is -0.370. The number of hydrogen-bond acceptors (Lipinski definition) is 2. The highest BCUT2D eigenvalue weighted by Crippen LogP contribution is 2.31. The highest BCUT2D eigenvalue weighted by molar-refractivity contribution is 5.86. The van der Waals surface area contributed by atoms with Crippen LogP contribution in [0.1, 0.15) is 40.5 Å². The SMILES string of the molecule is CCC1OCCC1C(=O)C(C)(C)C. The van der Waals surface area contributed by atoms with Crippen LogP contribution in [0.5, 0.6) is 0 Å². The summed E-state index contributed by atoms with van der Waals surface area (Å²) in [6, 6.07) is 0. The smallest absolute Gasteiger partial charge is 0.143 e. The summed E-state index contributed by atoms with van der Waals surface area (Å²) < 4.78 is 5.51. The van der Waals surface area contributed by atoms with Crippen molar-refractivity contribution in [2.75, 3.05) is 6.61 Å². The van der Waals surface area contributed by atoms with Gasteiger partial charge in [-0.2, -0.15) is 0 Å². The molecule has 0 bridgehead atoms. The lowest BCUT2D eigenvalue weighted by Crippen LogP contribution is -2.33. The number of carbonyl (C=O) groups is 1. The molecule has 1 aliphatic heterocycles. The lowest BCUT2D eigenvalue weighted by atomic mass is 9.80. The standard InChI is InChI=1S/C11H20O2/c1-5-9-8(6-7-13-9)10(12)11(2,3)4/h8-9H,5-7H2,1-4H3. The Morgan fingerprint density at radius 1 is 1.46 bits per heavy atom. The molecule has 0 spiro atoms. The van der Waals surface area contributed by atoms with Crippen molar-refractivity contribution in [1.29, 1.82) is 0 Å². The summed E-state index contributed by atoms with van der Waals surface area (Å²) in [4.78, 5) is 12.0. The van der Waals surface area contributed by atoms with Crippen molar-refractivity contribution in [1.82, 2.24) is 0 Å². The molecule has 1 heterocycles. The average Bonchev–Trinajstić information content (AvgIpc) is 2.48. The Morgan fingerprint density at radius 3 is 2.54 bits per heavy atom. The van der Waals surface area contributed by atoms with Gasteiger partial charge in [0, 0.05) is 17.9 Å². The lowest BCUT2D eigenvalue weighted by Gasteiger charge is -2.24. The minimum atomic E-state index is -0.216. The van der Waals surface area contributed by atoms with Gasteiger partial charge in [-0.25, -0.2) is 0 Å². The van der Waals surface area contributed by atoms with Crippen molar-refractivity contribution >= 4 is 5.78 Å². The summed E-state index contributed by atoms with van der Waals surface area (Å²) in [6.07, 6.45) is 2.04. The van der Waals surface area contributed by atoms with E-state index in [-0.39, 0.29) is 17.4 Å². The second kappa shape index (κ2) is 3.79. The third kappa shape index (κ3) is 2.31. The van der Waals surface area contributed by atoms with E-state index in [4.69, 9.17) is 4.74 Å². The number of rotatable bonds is 2. The molecule has 2 nitrogen and oxygen atoms in total. The van der Waals surface area contributed by atoms with Crippen LogP contribution in [-0.4, -0.2) is 18.5 Å². The van der Waals surface area contributed by atoms with E-state index in [0.717, 1.165) is 19.4 Å². The normalized spacial score (nSPS) is 29.2. The maximum atomic E-state index is 12.0. The molecule has 1 fully saturated rings. The molecule has 0 aromatic rings. The van der Waals surface area contributed by atoms with Gasteiger partial charge in [0.05, 0.1) is 6.10 Å². The molecule has 1 saturated heterocycles. The van der Waals surface area contributed by atoms with Crippen molar-refractivity contribution in [3.63, 3.8) is 0 Å². The second-order valence-electron chi connectivity index (χ2n) is 4.83. The summed E-state index contributed by atoms with van der Waals surface area (Å²) in [5, 5.41) is 0. The van der Waals surface area contributed by atoms with Gasteiger partial charge in [-0.05, 0) is 12.8 Å². The molecule has 76 valence electrons. The van der Waals surface area contributed by atoms with Crippen molar-refractivity contribution < 1.29 is 9.53 Å². The summed E-state index contributed by atoms with van der Waals surface area (Å²) in [6.45, 7) is 8.80. The van der Waals surface area contributed by atoms with Gasteiger partial charge in [-0.1, -0.05) is 27.7 Å². The zero-order chi connectivity index (χ0) is 10.1. The lowest BCUT2D eigenvalue weighted by molar-refractivity contribution is -0.132. The van der Waals surface area contributed by atoms with E-state index in [9.17, 15) is 4.79 Å². The molecular weight excluding hydrogens is 164 g/mol. The zero-order valence-corrected chi connectivity index (χ0v) is 9.09. The molecule has 0 N–H and O–H groups in total. The molecule has 1 rings (SSSR count). The Bertz CT molecular complexity index is 191. The summed E-state index contributed by atoms with van der Waals surface area (Å²) in [5.74, 6) is 0.502. The predicted molar refractivity (Wildman–Crippen MR) is 52.6 cm³/mol. The Labute approximate surface area is 80.7 Å². The Morgan fingerprint density at radius 2 is 2.08 bits per heavy atom. The predicted octanol–water partition coefficient (Wildman–Crippen LogP) is 2.42. The van der Waals surface area contributed by atoms with Crippen LogP contribution in [0.2, 0.25) is 0 Å². The van der Waals surface area contributed by atoms with E-state index in [1.807, 2.05) is 20.8 Å². The van der Waals surface area contributed by atoms with Crippen molar-refractivity contribution in [3.8, 4) is 0 Å². The van der Waals surface area contributed by atoms with E-state index in [2.05, 4.69) is 6.92 Å². The second-order valence-corrected chi connectivity index (χ2v) is 4.83. The molecule has 0 saturated carbocycles. The number of Topliss-reactive ketones (excluding diaryl/α,β-unsaturated/α-hetero) is 1. The molecule has 0 aromatic carbocycles. The summed E-state index contributed by atoms with van der Waals surface area (Å²) in [7, 11) is 0. The first-order valence-corrected chi connectivity index (χ1v) is 5.12. The first-order valence-electron chi connectivity index (χ1n) is 5.12. The minimum absolute atomic E-state index is 0.144. The van der Waals surface area contributed by atoms with Crippen LogP contribution in [0.15, 0.2) is 0 Å². The van der Waals surface area contributed by atoms with Crippen molar-refractivity contribution in [2.24, 2.45) is 11.3 Å². The van der Waals surface area contributed by atoms with E-state index in [0.29, 0.717) is 5.78 Å². The fourth-order valence-electron chi connectivity index (χ4n) is 1.91. The van der Waals surface area contributed by atoms with Crippen LogP contribution >= 0.6 is 0 Å². The number of ether oxygens (including phenoxy) is 1. The highest BCUT2D eigenvalue weighted by Gasteiger charge is 2.37. The molecule has 2 unspecified atom stereocenters. The molecule has 2 heteroatoms. The van der Waals surface area contributed by atoms with E-state index in [1.165, 1.54) is 0 Å². The molecule has 0 amide bonds. The topological polar surface area (TPSA) is 26.3 Å². The molecular formula is C11H20O2. The van der Waals surface area contributed by atoms with Gasteiger partial charge in [-0.15, -0.1) is 0 Å². The van der Waals surface area contributed by atoms with Gasteiger partial charge in [0.15, 0.2) is 0 Å². The van der Waals surface area contributed by atoms with Crippen LogP contribution < -0.4 is 0 Å². The van der Waals surface area contributed by atoms with Crippen LogP contribution in [0.25, 0.3) is 0 Å². The first kappa shape index (κ1) is 10.7. The summed E-state index contributed by atoms with van der Waals surface area (Å²) >= 11 is 0. The van der Waals surface area contributed by atoms with Gasteiger partial charge >= 0.3 is 0 Å². The molecule has 2 atom stereocenters. The van der Waals surface area contributed by atoms with Crippen LogP contribution in [0.4, 0.5) is 0 Å². The number of carbonyl (C=O) groups excluding carboxylic acids is 1. The Balaban J connectivity index is 2.66. The van der Waals surface area contributed by atoms with Crippen LogP contribution in [0, 0.1) is 11.3 Å². The van der Waals surface area contributed by atoms with Gasteiger partial charge < -0.3 is 4.74 Å². The van der Waals surface area contributed by atoms with Gasteiger partial charge in [0.1, 0.15) is 5.78 Å². The van der Waals surface area contributed by atoms with E-state index < -0.39 is 0 Å². The molecule has 0 radical (unpaired) electrons. The van der Waals surface area contributed by atoms with Crippen LogP contribution in [-0.2, 0) is 9.53 Å². The monoisotopic (exact) mass is 184 g/mol. The zero-order valence-electron chi connectivity index (χ0n) is 9.09. The fraction of sp³-hybridized carbons (Fsp3) is 0.909. The summed E-state index contributed by atoms with van der Waals surface area (Å²) in [5.41, 5.74) is -0.216. The molecule has 0 aliphatic carbocycles. The third-order valence-electron chi connectivity index (χ3n) is 2.69. The largest absolute Gasteiger partial charge is 0.377 e. The molecule has 0 aromatic heterocycles. The molecule has 13 heavy (non-hydrogen) atoms. The molecule has 1 aliphatic rings. The number of ketones is 1. The maximum Gasteiger partial charge on any atom is 0.143 e. The van der Waals surface area contributed by atoms with Crippen molar-refractivity contribution in [2.45, 2.75) is 46.6 Å². The highest BCUT2D eigenvalue weighted by atomic mass is 16.5. The maximum absolute atomic E-state index is 12.0. The quantitative estimate of drug-likeness (QED) is 0.658. The van der Waals surface area contributed by atoms with E-state index >= 15 is 0 Å². The average molecular weight is 184 g/mol. The van der Waals surface area contributed by atoms with Crippen LogP contribution in [0.3, 0.4) is 0 Å².